The number of H-pyrrole nitrogens is 1. The zero-order chi connectivity index (χ0) is 9.76. The van der Waals surface area contributed by atoms with Crippen LogP contribution in [0.5, 0.6) is 0 Å². The fourth-order valence-corrected chi connectivity index (χ4v) is 2.12. The molecule has 14 heavy (non-hydrogen) atoms. The third-order valence-electron chi connectivity index (χ3n) is 2.87. The maximum Gasteiger partial charge on any atom is 0.108 e. The SMILES string of the molecule is NC1(c2ccc3n[nH]c(Br)c3c2)CC1. The van der Waals surface area contributed by atoms with Gasteiger partial charge in [0.25, 0.3) is 0 Å². The molecule has 0 bridgehead atoms. The van der Waals surface area contributed by atoms with Crippen LogP contribution in [0.25, 0.3) is 10.9 Å². The Kier molecular flexibility index (Phi) is 1.56. The minimum absolute atomic E-state index is 0.0646. The maximum absolute atomic E-state index is 6.13. The molecule has 4 heteroatoms. The first-order chi connectivity index (χ1) is 6.69. The smallest absolute Gasteiger partial charge is 0.108 e. The molecule has 1 heterocycles. The Hall–Kier alpha value is -0.870. The summed E-state index contributed by atoms with van der Waals surface area (Å²) in [5.74, 6) is 0. The van der Waals surface area contributed by atoms with Crippen molar-refractivity contribution in [2.75, 3.05) is 0 Å². The molecule has 0 aliphatic heterocycles. The van der Waals surface area contributed by atoms with Gasteiger partial charge in [0.15, 0.2) is 0 Å². The van der Waals surface area contributed by atoms with E-state index in [0.29, 0.717) is 0 Å². The number of nitrogens with zero attached hydrogens (tertiary/aromatic N) is 1. The standard InChI is InChI=1S/C10H10BrN3/c11-9-7-5-6(10(12)3-4-10)1-2-8(7)13-14-9/h1-2,5H,3-4,12H2,(H,13,14). The second kappa shape index (κ2) is 2.58. The molecule has 0 radical (unpaired) electrons. The summed E-state index contributed by atoms with van der Waals surface area (Å²) >= 11 is 3.43. The molecule has 3 rings (SSSR count). The van der Waals surface area contributed by atoms with Gasteiger partial charge in [0.2, 0.25) is 0 Å². The third-order valence-corrected chi connectivity index (χ3v) is 3.48. The molecule has 1 saturated carbocycles. The molecule has 72 valence electrons. The highest BCUT2D eigenvalue weighted by atomic mass is 79.9. The van der Waals surface area contributed by atoms with Gasteiger partial charge in [-0.2, -0.15) is 5.10 Å². The van der Waals surface area contributed by atoms with Crippen molar-refractivity contribution in [3.8, 4) is 0 Å². The summed E-state index contributed by atoms with van der Waals surface area (Å²) in [5, 5.41) is 8.16. The molecule has 1 aliphatic carbocycles. The van der Waals surface area contributed by atoms with Crippen LogP contribution in [0.4, 0.5) is 0 Å². The number of rotatable bonds is 1. The predicted molar refractivity (Wildman–Crippen MR) is 58.9 cm³/mol. The van der Waals surface area contributed by atoms with Crippen molar-refractivity contribution in [1.82, 2.24) is 10.2 Å². The van der Waals surface area contributed by atoms with Crippen LogP contribution in [0.2, 0.25) is 0 Å². The van der Waals surface area contributed by atoms with E-state index in [0.717, 1.165) is 28.3 Å². The van der Waals surface area contributed by atoms with E-state index >= 15 is 0 Å². The van der Waals surface area contributed by atoms with Crippen molar-refractivity contribution < 1.29 is 0 Å². The van der Waals surface area contributed by atoms with Crippen LogP contribution >= 0.6 is 15.9 Å². The van der Waals surface area contributed by atoms with Crippen molar-refractivity contribution in [3.05, 3.63) is 28.4 Å². The highest BCUT2D eigenvalue weighted by Crippen LogP contribution is 2.43. The fourth-order valence-electron chi connectivity index (χ4n) is 1.71. The van der Waals surface area contributed by atoms with Crippen molar-refractivity contribution in [1.29, 1.82) is 0 Å². The largest absolute Gasteiger partial charge is 0.321 e. The van der Waals surface area contributed by atoms with Crippen LogP contribution in [0.3, 0.4) is 0 Å². The number of halogens is 1. The summed E-state index contributed by atoms with van der Waals surface area (Å²) < 4.78 is 0.929. The molecule has 1 aromatic carbocycles. The molecule has 1 aromatic heterocycles. The molecule has 1 fully saturated rings. The number of nitrogens with one attached hydrogen (secondary N) is 1. The van der Waals surface area contributed by atoms with Crippen LogP contribution in [0, 0.1) is 0 Å². The Morgan fingerprint density at radius 1 is 1.43 bits per heavy atom. The molecule has 0 atom stereocenters. The van der Waals surface area contributed by atoms with Crippen LogP contribution in [-0.2, 0) is 5.54 Å². The predicted octanol–water partition coefficient (Wildman–Crippen LogP) is 2.27. The van der Waals surface area contributed by atoms with E-state index < -0.39 is 0 Å². The summed E-state index contributed by atoms with van der Waals surface area (Å²) in [6.45, 7) is 0. The molecule has 0 saturated heterocycles. The van der Waals surface area contributed by atoms with Crippen LogP contribution in [0.15, 0.2) is 22.8 Å². The number of hydrogen-bond acceptors (Lipinski definition) is 2. The van der Waals surface area contributed by atoms with Crippen molar-refractivity contribution in [2.45, 2.75) is 18.4 Å². The lowest BCUT2D eigenvalue weighted by Gasteiger charge is -2.08. The number of fused-ring (bicyclic) bond motifs is 1. The first kappa shape index (κ1) is 8.44. The minimum Gasteiger partial charge on any atom is -0.321 e. The average molecular weight is 252 g/mol. The number of hydrogen-bond donors (Lipinski definition) is 2. The maximum atomic E-state index is 6.13. The third kappa shape index (κ3) is 1.11. The first-order valence-corrected chi connectivity index (χ1v) is 5.41. The Morgan fingerprint density at radius 3 is 2.93 bits per heavy atom. The number of benzene rings is 1. The van der Waals surface area contributed by atoms with Crippen LogP contribution in [0.1, 0.15) is 18.4 Å². The number of aromatic nitrogens is 2. The molecule has 0 amide bonds. The van der Waals surface area contributed by atoms with Gasteiger partial charge in [-0.25, -0.2) is 0 Å². The van der Waals surface area contributed by atoms with E-state index in [9.17, 15) is 0 Å². The minimum atomic E-state index is -0.0646. The fraction of sp³-hybridized carbons (Fsp3) is 0.300. The summed E-state index contributed by atoms with van der Waals surface area (Å²) in [5.41, 5.74) is 8.26. The molecule has 0 spiro atoms. The van der Waals surface area contributed by atoms with Gasteiger partial charge in [-0.05, 0) is 46.5 Å². The first-order valence-electron chi connectivity index (χ1n) is 4.62. The molecular weight excluding hydrogens is 242 g/mol. The number of nitrogens with two attached hydrogens (primary N) is 1. The van der Waals surface area contributed by atoms with Gasteiger partial charge >= 0.3 is 0 Å². The van der Waals surface area contributed by atoms with Gasteiger partial charge < -0.3 is 5.73 Å². The van der Waals surface area contributed by atoms with E-state index in [4.69, 9.17) is 5.73 Å². The van der Waals surface area contributed by atoms with Gasteiger partial charge in [0, 0.05) is 10.9 Å². The Labute approximate surface area is 89.8 Å². The lowest BCUT2D eigenvalue weighted by atomic mass is 10.0. The van der Waals surface area contributed by atoms with Crippen molar-refractivity contribution in [2.24, 2.45) is 5.73 Å². The lowest BCUT2D eigenvalue weighted by molar-refractivity contribution is 0.741. The van der Waals surface area contributed by atoms with E-state index in [2.05, 4.69) is 38.3 Å². The summed E-state index contributed by atoms with van der Waals surface area (Å²) in [4.78, 5) is 0. The van der Waals surface area contributed by atoms with Crippen molar-refractivity contribution >= 4 is 26.8 Å². The molecule has 1 aliphatic rings. The Bertz CT molecular complexity index is 499. The van der Waals surface area contributed by atoms with E-state index in [-0.39, 0.29) is 5.54 Å². The van der Waals surface area contributed by atoms with Crippen LogP contribution < -0.4 is 5.73 Å². The normalized spacial score (nSPS) is 18.7. The van der Waals surface area contributed by atoms with Gasteiger partial charge in [-0.3, -0.25) is 5.10 Å². The second-order valence-electron chi connectivity index (χ2n) is 3.93. The van der Waals surface area contributed by atoms with Crippen molar-refractivity contribution in [3.63, 3.8) is 0 Å². The molecule has 2 aromatic rings. The van der Waals surface area contributed by atoms with Gasteiger partial charge in [-0.15, -0.1) is 0 Å². The van der Waals surface area contributed by atoms with E-state index in [1.165, 1.54) is 5.56 Å². The zero-order valence-corrected chi connectivity index (χ0v) is 9.13. The summed E-state index contributed by atoms with van der Waals surface area (Å²) in [7, 11) is 0. The quantitative estimate of drug-likeness (QED) is 0.817. The highest BCUT2D eigenvalue weighted by Gasteiger charge is 2.40. The topological polar surface area (TPSA) is 54.7 Å². The second-order valence-corrected chi connectivity index (χ2v) is 4.72. The van der Waals surface area contributed by atoms with Crippen LogP contribution in [-0.4, -0.2) is 10.2 Å². The van der Waals surface area contributed by atoms with E-state index in [1.54, 1.807) is 0 Å². The molecule has 3 nitrogen and oxygen atoms in total. The monoisotopic (exact) mass is 251 g/mol. The molecule has 3 N–H and O–H groups in total. The summed E-state index contributed by atoms with van der Waals surface area (Å²) in [6.07, 6.45) is 2.18. The highest BCUT2D eigenvalue weighted by molar-refractivity contribution is 9.10. The van der Waals surface area contributed by atoms with E-state index in [1.807, 2.05) is 6.07 Å². The average Bonchev–Trinajstić information content (AvgIpc) is 2.84. The molecule has 0 unspecified atom stereocenters. The zero-order valence-electron chi connectivity index (χ0n) is 7.55. The van der Waals surface area contributed by atoms with Gasteiger partial charge in [0.05, 0.1) is 5.52 Å². The lowest BCUT2D eigenvalue weighted by Crippen LogP contribution is -2.18. The van der Waals surface area contributed by atoms with Gasteiger partial charge in [0.1, 0.15) is 4.60 Å². The Balaban J connectivity index is 2.23. The Morgan fingerprint density at radius 2 is 2.21 bits per heavy atom. The summed E-state index contributed by atoms with van der Waals surface area (Å²) in [6, 6.07) is 6.21. The van der Waals surface area contributed by atoms with Gasteiger partial charge in [-0.1, -0.05) is 6.07 Å². The number of aromatic amines is 1. The molecular formula is C10H10BrN3.